The molecule has 0 aromatic heterocycles. The van der Waals surface area contributed by atoms with Crippen LogP contribution in [0.15, 0.2) is 18.2 Å². The number of carbonyl (C=O) groups is 1. The first-order valence-corrected chi connectivity index (χ1v) is 7.39. The smallest absolute Gasteiger partial charge is 0.254 e. The maximum atomic E-state index is 13.1. The number of amides is 1. The largest absolute Gasteiger partial charge is 0.373 e. The number of carbonyl (C=O) groups excluding carboxylic acids is 1. The van der Waals surface area contributed by atoms with Crippen molar-refractivity contribution in [2.24, 2.45) is 0 Å². The van der Waals surface area contributed by atoms with E-state index in [1.165, 1.54) is 12.1 Å². The Hall–Kier alpha value is -0.940. The average molecular weight is 330 g/mol. The van der Waals surface area contributed by atoms with Crippen molar-refractivity contribution in [3.8, 4) is 0 Å². The molecule has 1 aliphatic rings. The van der Waals surface area contributed by atoms with Gasteiger partial charge in [0.2, 0.25) is 0 Å². The molecule has 2 atom stereocenters. The van der Waals surface area contributed by atoms with E-state index in [9.17, 15) is 9.18 Å². The fraction of sp³-hybridized carbons (Fsp3) is 0.500. The van der Waals surface area contributed by atoms with E-state index in [4.69, 9.17) is 4.74 Å². The maximum Gasteiger partial charge on any atom is 0.254 e. The standard InChI is InChI=1S/C14H17BrFNO2/c1-9-5-11(16)3-4-13(9)14(18)17-7-12(6-15)19-8-10(17)2/h3-5,10,12H,6-8H2,1-2H3. The van der Waals surface area contributed by atoms with E-state index < -0.39 is 0 Å². The average Bonchev–Trinajstić information content (AvgIpc) is 2.38. The molecule has 1 aromatic carbocycles. The van der Waals surface area contributed by atoms with Gasteiger partial charge in [0.05, 0.1) is 18.8 Å². The normalized spacial score (nSPS) is 23.5. The van der Waals surface area contributed by atoms with Gasteiger partial charge in [0.15, 0.2) is 0 Å². The molecule has 0 spiro atoms. The molecule has 5 heteroatoms. The zero-order chi connectivity index (χ0) is 14.0. The Kier molecular flexibility index (Phi) is 4.58. The van der Waals surface area contributed by atoms with Gasteiger partial charge in [-0.3, -0.25) is 4.79 Å². The topological polar surface area (TPSA) is 29.5 Å². The third-order valence-corrected chi connectivity index (χ3v) is 4.08. The molecule has 1 amide bonds. The minimum absolute atomic E-state index is 0.0147. The summed E-state index contributed by atoms with van der Waals surface area (Å²) >= 11 is 3.38. The van der Waals surface area contributed by atoms with Crippen molar-refractivity contribution < 1.29 is 13.9 Å². The van der Waals surface area contributed by atoms with Gasteiger partial charge in [-0.05, 0) is 37.6 Å². The number of nitrogens with zero attached hydrogens (tertiary/aromatic N) is 1. The number of morpholine rings is 1. The molecule has 0 saturated carbocycles. The van der Waals surface area contributed by atoms with Gasteiger partial charge >= 0.3 is 0 Å². The summed E-state index contributed by atoms with van der Waals surface area (Å²) in [5, 5.41) is 0.700. The Labute approximate surface area is 120 Å². The monoisotopic (exact) mass is 329 g/mol. The van der Waals surface area contributed by atoms with E-state index in [0.29, 0.717) is 29.6 Å². The quantitative estimate of drug-likeness (QED) is 0.781. The van der Waals surface area contributed by atoms with Gasteiger partial charge in [0, 0.05) is 17.4 Å². The van der Waals surface area contributed by atoms with Gasteiger partial charge in [-0.2, -0.15) is 0 Å². The molecule has 1 aliphatic heterocycles. The van der Waals surface area contributed by atoms with Crippen LogP contribution < -0.4 is 0 Å². The summed E-state index contributed by atoms with van der Waals surface area (Å²) in [4.78, 5) is 14.3. The molecular formula is C14H17BrFNO2. The Morgan fingerprint density at radius 3 is 2.95 bits per heavy atom. The Morgan fingerprint density at radius 2 is 2.32 bits per heavy atom. The molecule has 1 aromatic rings. The SMILES string of the molecule is Cc1cc(F)ccc1C(=O)N1CC(CBr)OCC1C. The fourth-order valence-corrected chi connectivity index (χ4v) is 2.61. The molecule has 0 radical (unpaired) electrons. The summed E-state index contributed by atoms with van der Waals surface area (Å²) in [6.07, 6.45) is 0.0147. The van der Waals surface area contributed by atoms with Crippen molar-refractivity contribution in [1.29, 1.82) is 0 Å². The van der Waals surface area contributed by atoms with E-state index in [-0.39, 0.29) is 23.9 Å². The van der Waals surface area contributed by atoms with Crippen LogP contribution in [-0.4, -0.2) is 41.4 Å². The maximum absolute atomic E-state index is 13.1. The molecule has 104 valence electrons. The molecule has 2 unspecified atom stereocenters. The summed E-state index contributed by atoms with van der Waals surface area (Å²) in [5.74, 6) is -0.373. The van der Waals surface area contributed by atoms with E-state index in [1.807, 2.05) is 6.92 Å². The van der Waals surface area contributed by atoms with Crippen molar-refractivity contribution >= 4 is 21.8 Å². The third kappa shape index (κ3) is 3.15. The van der Waals surface area contributed by atoms with Crippen LogP contribution in [0.1, 0.15) is 22.8 Å². The lowest BCUT2D eigenvalue weighted by atomic mass is 10.1. The molecule has 0 aliphatic carbocycles. The number of hydrogen-bond donors (Lipinski definition) is 0. The van der Waals surface area contributed by atoms with Crippen LogP contribution in [0.5, 0.6) is 0 Å². The highest BCUT2D eigenvalue weighted by molar-refractivity contribution is 9.09. The van der Waals surface area contributed by atoms with E-state index in [0.717, 1.165) is 0 Å². The summed E-state index contributed by atoms with van der Waals surface area (Å²) in [7, 11) is 0. The van der Waals surface area contributed by atoms with Gasteiger partial charge in [-0.15, -0.1) is 0 Å². The van der Waals surface area contributed by atoms with Gasteiger partial charge in [-0.25, -0.2) is 4.39 Å². The fourth-order valence-electron chi connectivity index (χ4n) is 2.22. The summed E-state index contributed by atoms with van der Waals surface area (Å²) in [6, 6.07) is 4.30. The molecule has 2 rings (SSSR count). The number of halogens is 2. The molecular weight excluding hydrogens is 313 g/mol. The van der Waals surface area contributed by atoms with E-state index in [2.05, 4.69) is 15.9 Å². The van der Waals surface area contributed by atoms with Crippen LogP contribution in [0.3, 0.4) is 0 Å². The molecule has 1 saturated heterocycles. The summed E-state index contributed by atoms with van der Waals surface area (Å²) < 4.78 is 18.7. The second kappa shape index (κ2) is 6.01. The number of alkyl halides is 1. The van der Waals surface area contributed by atoms with Crippen molar-refractivity contribution in [2.45, 2.75) is 26.0 Å². The van der Waals surface area contributed by atoms with E-state index >= 15 is 0 Å². The van der Waals surface area contributed by atoms with Crippen molar-refractivity contribution in [1.82, 2.24) is 4.90 Å². The number of aryl methyl sites for hydroxylation is 1. The zero-order valence-corrected chi connectivity index (χ0v) is 12.6. The highest BCUT2D eigenvalue weighted by Crippen LogP contribution is 2.19. The number of hydrogen-bond acceptors (Lipinski definition) is 2. The Bertz CT molecular complexity index is 481. The first-order valence-electron chi connectivity index (χ1n) is 6.27. The molecule has 1 heterocycles. The number of benzene rings is 1. The van der Waals surface area contributed by atoms with E-state index in [1.54, 1.807) is 17.9 Å². The van der Waals surface area contributed by atoms with Crippen molar-refractivity contribution in [2.75, 3.05) is 18.5 Å². The molecule has 3 nitrogen and oxygen atoms in total. The molecule has 0 N–H and O–H groups in total. The van der Waals surface area contributed by atoms with Gasteiger partial charge < -0.3 is 9.64 Å². The lowest BCUT2D eigenvalue weighted by Crippen LogP contribution is -2.51. The third-order valence-electron chi connectivity index (χ3n) is 3.36. The summed E-state index contributed by atoms with van der Waals surface area (Å²) in [6.45, 7) is 4.80. The molecule has 0 bridgehead atoms. The Morgan fingerprint density at radius 1 is 1.58 bits per heavy atom. The van der Waals surface area contributed by atoms with Crippen molar-refractivity contribution in [3.63, 3.8) is 0 Å². The van der Waals surface area contributed by atoms with Gasteiger partial charge in [0.25, 0.3) is 5.91 Å². The first kappa shape index (κ1) is 14.5. The second-order valence-electron chi connectivity index (χ2n) is 4.88. The van der Waals surface area contributed by atoms with Crippen LogP contribution in [0.4, 0.5) is 4.39 Å². The summed E-state index contributed by atoms with van der Waals surface area (Å²) in [5.41, 5.74) is 1.22. The lowest BCUT2D eigenvalue weighted by molar-refractivity contribution is -0.0361. The number of rotatable bonds is 2. The highest BCUT2D eigenvalue weighted by Gasteiger charge is 2.30. The zero-order valence-electron chi connectivity index (χ0n) is 11.0. The highest BCUT2D eigenvalue weighted by atomic mass is 79.9. The predicted octanol–water partition coefficient (Wildman–Crippen LogP) is 2.76. The predicted molar refractivity (Wildman–Crippen MR) is 75.2 cm³/mol. The first-order chi connectivity index (χ1) is 9.02. The van der Waals surface area contributed by atoms with Crippen LogP contribution in [0, 0.1) is 12.7 Å². The lowest BCUT2D eigenvalue weighted by Gasteiger charge is -2.37. The van der Waals surface area contributed by atoms with Crippen molar-refractivity contribution in [3.05, 3.63) is 35.1 Å². The van der Waals surface area contributed by atoms with Crippen LogP contribution in [-0.2, 0) is 4.74 Å². The van der Waals surface area contributed by atoms with Crippen LogP contribution >= 0.6 is 15.9 Å². The van der Waals surface area contributed by atoms with Crippen LogP contribution in [0.25, 0.3) is 0 Å². The molecule has 1 fully saturated rings. The Balaban J connectivity index is 2.22. The van der Waals surface area contributed by atoms with Gasteiger partial charge in [0.1, 0.15) is 5.82 Å². The number of ether oxygens (including phenoxy) is 1. The minimum atomic E-state index is -0.317. The van der Waals surface area contributed by atoms with Gasteiger partial charge in [-0.1, -0.05) is 15.9 Å². The second-order valence-corrected chi connectivity index (χ2v) is 5.52. The minimum Gasteiger partial charge on any atom is -0.373 e. The van der Waals surface area contributed by atoms with Crippen LogP contribution in [0.2, 0.25) is 0 Å². The molecule has 19 heavy (non-hydrogen) atoms.